The third kappa shape index (κ3) is 8.99. The second-order valence-electron chi connectivity index (χ2n) is 11.7. The lowest BCUT2D eigenvalue weighted by molar-refractivity contribution is -0.152. The molecular formula is C30H38F2N8O4S. The van der Waals surface area contributed by atoms with Crippen molar-refractivity contribution in [3.8, 4) is 10.6 Å². The molecule has 0 radical (unpaired) electrons. The molecule has 3 aromatic rings. The van der Waals surface area contributed by atoms with Gasteiger partial charge in [0.05, 0.1) is 29.7 Å². The van der Waals surface area contributed by atoms with Crippen LogP contribution in [0.1, 0.15) is 69.6 Å². The molecule has 242 valence electrons. The number of carbonyl (C=O) groups is 2. The minimum absolute atomic E-state index is 0.0402. The van der Waals surface area contributed by atoms with Crippen molar-refractivity contribution in [2.75, 3.05) is 6.61 Å². The molecule has 0 unspecified atom stereocenters. The van der Waals surface area contributed by atoms with E-state index in [4.69, 9.17) is 20.9 Å². The number of halogens is 2. The van der Waals surface area contributed by atoms with Gasteiger partial charge in [-0.2, -0.15) is 9.49 Å². The van der Waals surface area contributed by atoms with Crippen LogP contribution >= 0.6 is 11.3 Å². The quantitative estimate of drug-likeness (QED) is 0.158. The lowest BCUT2D eigenvalue weighted by Crippen LogP contribution is -2.43. The summed E-state index contributed by atoms with van der Waals surface area (Å²) in [6.45, 7) is 7.97. The first kappa shape index (κ1) is 33.8. The number of hydrogen-bond acceptors (Lipinski definition) is 11. The first-order valence-electron chi connectivity index (χ1n) is 14.5. The number of aromatic nitrogens is 4. The number of rotatable bonds is 11. The molecule has 3 aromatic heterocycles. The first-order valence-corrected chi connectivity index (χ1v) is 15.4. The number of esters is 1. The molecule has 3 heterocycles. The molecule has 45 heavy (non-hydrogen) atoms. The molecule has 12 nitrogen and oxygen atoms in total. The number of thiazole rings is 1. The molecule has 0 aromatic carbocycles. The highest BCUT2D eigenvalue weighted by atomic mass is 32.1. The molecule has 0 aliphatic heterocycles. The Balaban J connectivity index is 1.49. The van der Waals surface area contributed by atoms with Gasteiger partial charge < -0.3 is 26.3 Å². The Morgan fingerprint density at radius 1 is 1.22 bits per heavy atom. The zero-order chi connectivity index (χ0) is 32.7. The topological polar surface area (TPSA) is 173 Å². The van der Waals surface area contributed by atoms with Gasteiger partial charge in [0.1, 0.15) is 22.4 Å². The Bertz CT molecular complexity index is 1560. The number of aliphatic imine (C=N–C) groups is 1. The van der Waals surface area contributed by atoms with Crippen molar-refractivity contribution in [3.63, 3.8) is 0 Å². The van der Waals surface area contributed by atoms with Crippen molar-refractivity contribution in [2.24, 2.45) is 21.9 Å². The minimum Gasteiger partial charge on any atom is -0.441 e. The fourth-order valence-electron chi connectivity index (χ4n) is 4.50. The van der Waals surface area contributed by atoms with Crippen molar-refractivity contribution >= 4 is 35.1 Å². The average Bonchev–Trinajstić information content (AvgIpc) is 3.69. The predicted molar refractivity (Wildman–Crippen MR) is 166 cm³/mol. The molecule has 4 rings (SSSR count). The summed E-state index contributed by atoms with van der Waals surface area (Å²) in [6.07, 6.45) is 7.87. The molecular weight excluding hydrogens is 606 g/mol. The maximum absolute atomic E-state index is 14.6. The van der Waals surface area contributed by atoms with Gasteiger partial charge in [-0.05, 0) is 50.2 Å². The van der Waals surface area contributed by atoms with Crippen LogP contribution in [0.4, 0.5) is 8.78 Å². The number of allylic oxidation sites excluding steroid dienone is 1. The summed E-state index contributed by atoms with van der Waals surface area (Å²) >= 11 is 1.19. The van der Waals surface area contributed by atoms with E-state index in [-0.39, 0.29) is 36.0 Å². The average molecular weight is 645 g/mol. The Labute approximate surface area is 263 Å². The fourth-order valence-corrected chi connectivity index (χ4v) is 5.27. The lowest BCUT2D eigenvalue weighted by atomic mass is 9.87. The highest BCUT2D eigenvalue weighted by Crippen LogP contribution is 2.25. The van der Waals surface area contributed by atoms with Crippen molar-refractivity contribution in [1.82, 2.24) is 25.1 Å². The van der Waals surface area contributed by atoms with E-state index in [2.05, 4.69) is 25.4 Å². The van der Waals surface area contributed by atoms with E-state index in [1.54, 1.807) is 6.20 Å². The van der Waals surface area contributed by atoms with Gasteiger partial charge in [0, 0.05) is 30.0 Å². The number of nitrogens with two attached hydrogens (primary N) is 2. The number of nitrogens with zero attached hydrogens (tertiary/aromatic N) is 5. The van der Waals surface area contributed by atoms with Crippen molar-refractivity contribution in [1.29, 1.82) is 0 Å². The Morgan fingerprint density at radius 3 is 2.64 bits per heavy atom. The van der Waals surface area contributed by atoms with Gasteiger partial charge in [-0.25, -0.2) is 19.0 Å². The van der Waals surface area contributed by atoms with E-state index in [9.17, 15) is 18.4 Å². The van der Waals surface area contributed by atoms with E-state index >= 15 is 0 Å². The third-order valence-corrected chi connectivity index (χ3v) is 8.10. The zero-order valence-electron chi connectivity index (χ0n) is 25.6. The van der Waals surface area contributed by atoms with E-state index < -0.39 is 40.8 Å². The molecule has 1 saturated carbocycles. The summed E-state index contributed by atoms with van der Waals surface area (Å²) in [6, 6.07) is 0.925. The summed E-state index contributed by atoms with van der Waals surface area (Å²) in [7, 11) is 0. The molecule has 15 heteroatoms. The third-order valence-electron chi connectivity index (χ3n) is 7.21. The second-order valence-corrected chi connectivity index (χ2v) is 12.5. The number of amides is 1. The van der Waals surface area contributed by atoms with Crippen molar-refractivity contribution < 1.29 is 27.8 Å². The van der Waals surface area contributed by atoms with Crippen LogP contribution in [0.15, 0.2) is 40.6 Å². The fraction of sp³-hybridized carbons (Fsp3) is 0.467. The van der Waals surface area contributed by atoms with Gasteiger partial charge in [0.2, 0.25) is 5.95 Å². The summed E-state index contributed by atoms with van der Waals surface area (Å²) in [5.41, 5.74) is 11.6. The number of ether oxygens (including phenoxy) is 2. The summed E-state index contributed by atoms with van der Waals surface area (Å²) < 4.78 is 40.8. The van der Waals surface area contributed by atoms with Crippen molar-refractivity contribution in [2.45, 2.75) is 78.3 Å². The van der Waals surface area contributed by atoms with E-state index in [1.807, 2.05) is 27.7 Å². The van der Waals surface area contributed by atoms with E-state index in [1.165, 1.54) is 33.8 Å². The molecule has 0 saturated heterocycles. The SMILES string of the molecule is CCOC1CCC(N=CC(NC(=O)c2csc(-c3cnn(COC(=O)[C@@H](N)C(C)(C)C)c3)n2)=C(N)c2nc(F)ccc2F)CC1. The van der Waals surface area contributed by atoms with Crippen LogP contribution in [0.3, 0.4) is 0 Å². The number of hydrogen-bond donors (Lipinski definition) is 3. The Morgan fingerprint density at radius 2 is 1.96 bits per heavy atom. The smallest absolute Gasteiger partial charge is 0.325 e. The first-order chi connectivity index (χ1) is 21.3. The molecule has 1 atom stereocenters. The molecule has 1 amide bonds. The van der Waals surface area contributed by atoms with Crippen LogP contribution in [0.2, 0.25) is 0 Å². The monoisotopic (exact) mass is 644 g/mol. The molecule has 0 bridgehead atoms. The Hall–Kier alpha value is -4.08. The normalized spacial score (nSPS) is 18.5. The van der Waals surface area contributed by atoms with Gasteiger partial charge in [-0.3, -0.25) is 14.6 Å². The summed E-state index contributed by atoms with van der Waals surface area (Å²) in [4.78, 5) is 38.1. The second kappa shape index (κ2) is 14.8. The van der Waals surface area contributed by atoms with E-state index in [0.29, 0.717) is 17.2 Å². The summed E-state index contributed by atoms with van der Waals surface area (Å²) in [5.74, 6) is -2.98. The minimum atomic E-state index is -0.928. The van der Waals surface area contributed by atoms with Gasteiger partial charge in [-0.1, -0.05) is 20.8 Å². The van der Waals surface area contributed by atoms with Crippen LogP contribution in [-0.4, -0.2) is 62.6 Å². The zero-order valence-corrected chi connectivity index (χ0v) is 26.4. The molecule has 5 N–H and O–H groups in total. The predicted octanol–water partition coefficient (Wildman–Crippen LogP) is 4.03. The maximum Gasteiger partial charge on any atom is 0.325 e. The molecule has 1 aliphatic carbocycles. The van der Waals surface area contributed by atoms with Gasteiger partial charge in [-0.15, -0.1) is 11.3 Å². The lowest BCUT2D eigenvalue weighted by Gasteiger charge is -2.26. The van der Waals surface area contributed by atoms with E-state index in [0.717, 1.165) is 37.8 Å². The largest absolute Gasteiger partial charge is 0.441 e. The van der Waals surface area contributed by atoms with Crippen LogP contribution in [0.5, 0.6) is 0 Å². The highest BCUT2D eigenvalue weighted by molar-refractivity contribution is 7.13. The summed E-state index contributed by atoms with van der Waals surface area (Å²) in [5, 5.41) is 8.83. The van der Waals surface area contributed by atoms with Gasteiger partial charge >= 0.3 is 5.97 Å². The van der Waals surface area contributed by atoms with Crippen molar-refractivity contribution in [3.05, 3.63) is 58.8 Å². The maximum atomic E-state index is 14.6. The number of carbonyl (C=O) groups excluding carboxylic acids is 2. The standard InChI is InChI=1S/C30H38F2N8O4S/c1-5-43-19-8-6-18(7-9-19)35-13-21(24(33)25-20(31)10-11-23(32)39-25)37-27(41)22-15-45-28(38-22)17-12-36-40(14-17)16-44-29(42)26(34)30(2,3)4/h10-15,18-19,26H,5-9,16,33-34H2,1-4H3,(H,37,41)/t18?,19?,26-/m1/s1. The molecule has 1 aliphatic rings. The molecule has 1 fully saturated rings. The number of nitrogens with one attached hydrogen (secondary N) is 1. The van der Waals surface area contributed by atoms with Gasteiger partial charge in [0.25, 0.3) is 5.91 Å². The van der Waals surface area contributed by atoms with Crippen LogP contribution in [-0.2, 0) is 21.0 Å². The van der Waals surface area contributed by atoms with Crippen LogP contribution < -0.4 is 16.8 Å². The van der Waals surface area contributed by atoms with Crippen LogP contribution in [0.25, 0.3) is 16.3 Å². The molecule has 0 spiro atoms. The van der Waals surface area contributed by atoms with Crippen LogP contribution in [0, 0.1) is 17.2 Å². The number of pyridine rings is 1. The Kier molecular flexibility index (Phi) is 11.1. The van der Waals surface area contributed by atoms with Gasteiger partial charge in [0.15, 0.2) is 12.5 Å². The highest BCUT2D eigenvalue weighted by Gasteiger charge is 2.29.